The van der Waals surface area contributed by atoms with Gasteiger partial charge in [0.05, 0.1) is 5.75 Å². The van der Waals surface area contributed by atoms with E-state index >= 15 is 0 Å². The lowest BCUT2D eigenvalue weighted by Crippen LogP contribution is -2.47. The molecule has 6 heteroatoms. The number of sulfonamides is 1. The van der Waals surface area contributed by atoms with Crippen LogP contribution < -0.4 is 0 Å². The van der Waals surface area contributed by atoms with Gasteiger partial charge in [-0.05, 0) is 68.1 Å². The van der Waals surface area contributed by atoms with Crippen LogP contribution in [0.25, 0.3) is 0 Å². The zero-order valence-electron chi connectivity index (χ0n) is 18.1. The number of aryl methyl sites for hydroxylation is 1. The lowest BCUT2D eigenvalue weighted by Gasteiger charge is -2.38. The van der Waals surface area contributed by atoms with Crippen molar-refractivity contribution >= 4 is 15.8 Å². The molecule has 2 saturated carbocycles. The molecule has 5 nitrogen and oxygen atoms in total. The van der Waals surface area contributed by atoms with E-state index in [-0.39, 0.29) is 17.0 Å². The molecule has 0 radical (unpaired) electrons. The lowest BCUT2D eigenvalue weighted by atomic mass is 9.70. The van der Waals surface area contributed by atoms with E-state index in [1.54, 1.807) is 4.31 Å². The maximum Gasteiger partial charge on any atom is 0.215 e. The number of Topliss-reactive ketones (excluding diaryl/α,β-unsaturated/α-hetero) is 1. The van der Waals surface area contributed by atoms with E-state index in [2.05, 4.69) is 30.7 Å². The quantitative estimate of drug-likeness (QED) is 0.694. The van der Waals surface area contributed by atoms with Crippen LogP contribution in [0.1, 0.15) is 57.3 Å². The van der Waals surface area contributed by atoms with Gasteiger partial charge in [0.15, 0.2) is 0 Å². The smallest absolute Gasteiger partial charge is 0.215 e. The standard InChI is InChI=1S/C24H30N2O3S/c1-18-6-4-8-21(25-18)9-5-7-19-11-14-26(15-12-19)30(28,29)17-24-13-10-20(16-22(24)27)23(24,2)3/h4,6-8,20H,10-17H2,1-3H3/t20-,24?/m1/s1. The number of carbonyl (C=O) groups excluding carboxylic acids is 1. The average molecular weight is 427 g/mol. The molecule has 2 aliphatic carbocycles. The fourth-order valence-electron chi connectivity index (χ4n) is 5.53. The molecule has 0 amide bonds. The molecular weight excluding hydrogens is 396 g/mol. The number of carbonyl (C=O) groups is 1. The Morgan fingerprint density at radius 3 is 2.60 bits per heavy atom. The monoisotopic (exact) mass is 426 g/mol. The van der Waals surface area contributed by atoms with Crippen LogP contribution in [-0.2, 0) is 14.8 Å². The third-order valence-electron chi connectivity index (χ3n) is 7.69. The van der Waals surface area contributed by atoms with E-state index in [0.717, 1.165) is 23.4 Å². The van der Waals surface area contributed by atoms with Gasteiger partial charge in [-0.1, -0.05) is 31.4 Å². The van der Waals surface area contributed by atoms with Crippen molar-refractivity contribution in [3.8, 4) is 11.8 Å². The van der Waals surface area contributed by atoms with Crippen LogP contribution >= 0.6 is 0 Å². The Labute approximate surface area is 180 Å². The Hall–Kier alpha value is -1.97. The molecule has 1 aliphatic heterocycles. The number of fused-ring (bicyclic) bond motifs is 2. The lowest BCUT2D eigenvalue weighted by molar-refractivity contribution is -0.128. The van der Waals surface area contributed by atoms with Crippen LogP contribution in [0.3, 0.4) is 0 Å². The van der Waals surface area contributed by atoms with Gasteiger partial charge in [-0.25, -0.2) is 17.7 Å². The van der Waals surface area contributed by atoms with Gasteiger partial charge >= 0.3 is 0 Å². The van der Waals surface area contributed by atoms with Crippen LogP contribution in [0, 0.1) is 35.5 Å². The second-order valence-corrected chi connectivity index (χ2v) is 11.5. The predicted molar refractivity (Wildman–Crippen MR) is 117 cm³/mol. The highest BCUT2D eigenvalue weighted by molar-refractivity contribution is 7.89. The first-order chi connectivity index (χ1) is 14.1. The predicted octanol–water partition coefficient (Wildman–Crippen LogP) is 3.49. The number of hydrogen-bond acceptors (Lipinski definition) is 4. The van der Waals surface area contributed by atoms with Crippen molar-refractivity contribution in [2.24, 2.45) is 16.7 Å². The minimum atomic E-state index is -3.47. The van der Waals surface area contributed by atoms with Gasteiger partial charge in [0.1, 0.15) is 11.5 Å². The topological polar surface area (TPSA) is 67.3 Å². The van der Waals surface area contributed by atoms with Gasteiger partial charge in [-0.15, -0.1) is 0 Å². The van der Waals surface area contributed by atoms with E-state index in [9.17, 15) is 13.2 Å². The summed E-state index contributed by atoms with van der Waals surface area (Å²) < 4.78 is 28.0. The molecule has 0 aromatic carbocycles. The number of pyridine rings is 1. The van der Waals surface area contributed by atoms with Crippen LogP contribution in [0.4, 0.5) is 0 Å². The first-order valence-corrected chi connectivity index (χ1v) is 12.4. The second kappa shape index (κ2) is 7.62. The van der Waals surface area contributed by atoms with Crippen molar-refractivity contribution in [3.05, 3.63) is 41.2 Å². The summed E-state index contributed by atoms with van der Waals surface area (Å²) in [7, 11) is -3.47. The highest BCUT2D eigenvalue weighted by Gasteiger charge is 2.65. The summed E-state index contributed by atoms with van der Waals surface area (Å²) in [5.74, 6) is 6.57. The van der Waals surface area contributed by atoms with Gasteiger partial charge < -0.3 is 0 Å². The Balaban J connectivity index is 1.41. The first kappa shape index (κ1) is 21.3. The Morgan fingerprint density at radius 1 is 1.27 bits per heavy atom. The highest BCUT2D eigenvalue weighted by atomic mass is 32.2. The number of nitrogens with zero attached hydrogens (tertiary/aromatic N) is 2. The van der Waals surface area contributed by atoms with Gasteiger partial charge in [0, 0.05) is 30.6 Å². The molecule has 1 aromatic rings. The molecule has 0 N–H and O–H groups in total. The Kier molecular flexibility index (Phi) is 5.40. The number of piperidine rings is 1. The average Bonchev–Trinajstić information content (AvgIpc) is 3.02. The second-order valence-electron chi connectivity index (χ2n) is 9.56. The highest BCUT2D eigenvalue weighted by Crippen LogP contribution is 2.64. The van der Waals surface area contributed by atoms with Crippen molar-refractivity contribution in [2.45, 2.75) is 52.9 Å². The number of hydrogen-bond donors (Lipinski definition) is 0. The molecule has 4 rings (SSSR count). The Morgan fingerprint density at radius 2 is 2.00 bits per heavy atom. The molecular formula is C24H30N2O3S. The van der Waals surface area contributed by atoms with Gasteiger partial charge in [-0.3, -0.25) is 4.79 Å². The van der Waals surface area contributed by atoms with Crippen molar-refractivity contribution < 1.29 is 13.2 Å². The minimum absolute atomic E-state index is 0.0276. The summed E-state index contributed by atoms with van der Waals surface area (Å²) in [6.45, 7) is 7.04. The summed E-state index contributed by atoms with van der Waals surface area (Å²) in [6.07, 6.45) is 5.49. The molecule has 0 spiro atoms. The summed E-state index contributed by atoms with van der Waals surface area (Å²) in [6, 6.07) is 5.75. The first-order valence-electron chi connectivity index (χ1n) is 10.8. The SMILES string of the molecule is Cc1cccc(C#CC=C2CCN(S(=O)(=O)CC34CC[C@H](CC3=O)C4(C)C)CC2)n1. The molecule has 1 unspecified atom stereocenters. The van der Waals surface area contributed by atoms with Crippen molar-refractivity contribution in [1.29, 1.82) is 0 Å². The molecule has 2 bridgehead atoms. The summed E-state index contributed by atoms with van der Waals surface area (Å²) in [4.78, 5) is 17.1. The molecule has 30 heavy (non-hydrogen) atoms. The fraction of sp³-hybridized carbons (Fsp3) is 0.583. The summed E-state index contributed by atoms with van der Waals surface area (Å²) >= 11 is 0. The van der Waals surface area contributed by atoms with Gasteiger partial charge in [0.2, 0.25) is 10.0 Å². The number of aromatic nitrogens is 1. The maximum absolute atomic E-state index is 13.2. The van der Waals surface area contributed by atoms with Crippen LogP contribution in [0.5, 0.6) is 0 Å². The van der Waals surface area contributed by atoms with Crippen LogP contribution in [0.2, 0.25) is 0 Å². The van der Waals surface area contributed by atoms with Gasteiger partial charge in [0.25, 0.3) is 0 Å². The molecule has 2 heterocycles. The summed E-state index contributed by atoms with van der Waals surface area (Å²) in [5.41, 5.74) is 1.92. The third kappa shape index (κ3) is 3.63. The van der Waals surface area contributed by atoms with Crippen LogP contribution in [-0.4, -0.2) is 42.3 Å². The minimum Gasteiger partial charge on any atom is -0.299 e. The van der Waals surface area contributed by atoms with Crippen molar-refractivity contribution in [3.63, 3.8) is 0 Å². The van der Waals surface area contributed by atoms with Crippen molar-refractivity contribution in [1.82, 2.24) is 9.29 Å². The van der Waals surface area contributed by atoms with E-state index < -0.39 is 15.4 Å². The molecule has 3 aliphatic rings. The molecule has 1 saturated heterocycles. The van der Waals surface area contributed by atoms with Crippen molar-refractivity contribution in [2.75, 3.05) is 18.8 Å². The maximum atomic E-state index is 13.2. The Bertz CT molecular complexity index is 1050. The molecule has 1 aromatic heterocycles. The fourth-order valence-corrected chi connectivity index (χ4v) is 7.75. The zero-order valence-corrected chi connectivity index (χ0v) is 18.9. The normalized spacial score (nSPS) is 28.3. The van der Waals surface area contributed by atoms with Crippen LogP contribution in [0.15, 0.2) is 29.8 Å². The molecule has 2 atom stereocenters. The van der Waals surface area contributed by atoms with Gasteiger partial charge in [-0.2, -0.15) is 0 Å². The van der Waals surface area contributed by atoms with E-state index in [1.165, 1.54) is 0 Å². The van der Waals surface area contributed by atoms with E-state index in [4.69, 9.17) is 0 Å². The third-order valence-corrected chi connectivity index (χ3v) is 9.70. The van der Waals surface area contributed by atoms with E-state index in [0.29, 0.717) is 44.7 Å². The van der Waals surface area contributed by atoms with E-state index in [1.807, 2.05) is 31.2 Å². The number of ketones is 1. The molecule has 3 fully saturated rings. The summed E-state index contributed by atoms with van der Waals surface area (Å²) in [5, 5.41) is 0. The number of allylic oxidation sites excluding steroid dienone is 1. The number of rotatable bonds is 3. The largest absolute Gasteiger partial charge is 0.299 e. The molecule has 160 valence electrons. The zero-order chi connectivity index (χ0) is 21.6.